The Hall–Kier alpha value is -3.03. The molecule has 0 aliphatic rings. The highest BCUT2D eigenvalue weighted by molar-refractivity contribution is 8.00. The summed E-state index contributed by atoms with van der Waals surface area (Å²) in [6.45, 7) is 3.92. The third kappa shape index (κ3) is 5.54. The molecule has 176 valence electrons. The van der Waals surface area contributed by atoms with Crippen molar-refractivity contribution < 1.29 is 14.4 Å². The monoisotopic (exact) mass is 515 g/mol. The van der Waals surface area contributed by atoms with Crippen molar-refractivity contribution in [2.75, 3.05) is 14.2 Å². The van der Waals surface area contributed by atoms with Crippen molar-refractivity contribution in [2.24, 2.45) is 5.16 Å². The Morgan fingerprint density at radius 2 is 1.94 bits per heavy atom. The van der Waals surface area contributed by atoms with Crippen LogP contribution < -0.4 is 0 Å². The zero-order valence-electron chi connectivity index (χ0n) is 18.9. The average molecular weight is 516 g/mol. The van der Waals surface area contributed by atoms with Crippen molar-refractivity contribution >= 4 is 52.3 Å². The number of carbonyl (C=O) groups excluding carboxylic acids is 1. The number of hydrogen-bond donors (Lipinski definition) is 0. The van der Waals surface area contributed by atoms with Gasteiger partial charge in [0.25, 0.3) is 5.78 Å². The molecular formula is C21H21N7O3S3. The normalized spacial score (nSPS) is 11.7. The highest BCUT2D eigenvalue weighted by Gasteiger charge is 2.19. The molecule has 3 aromatic heterocycles. The minimum absolute atomic E-state index is 0.121. The van der Waals surface area contributed by atoms with Gasteiger partial charge in [-0.15, -0.1) is 15.3 Å². The number of thioether (sulfide) groups is 2. The Kier molecular flexibility index (Phi) is 7.75. The number of benzene rings is 1. The lowest BCUT2D eigenvalue weighted by atomic mass is 10.0. The molecule has 0 saturated heterocycles. The molecule has 0 fully saturated rings. The van der Waals surface area contributed by atoms with Crippen molar-refractivity contribution in [1.82, 2.24) is 29.8 Å². The largest absolute Gasteiger partial charge is 0.464 e. The van der Waals surface area contributed by atoms with E-state index >= 15 is 0 Å². The second-order valence-electron chi connectivity index (χ2n) is 6.96. The van der Waals surface area contributed by atoms with E-state index < -0.39 is 5.97 Å². The van der Waals surface area contributed by atoms with Crippen LogP contribution in [0.4, 0.5) is 0 Å². The molecule has 3 heterocycles. The zero-order chi connectivity index (χ0) is 24.1. The minimum Gasteiger partial charge on any atom is -0.464 e. The number of methoxy groups -OCH3 is 1. The molecule has 0 radical (unpaired) electrons. The van der Waals surface area contributed by atoms with E-state index in [1.165, 1.54) is 49.1 Å². The molecule has 0 saturated carbocycles. The van der Waals surface area contributed by atoms with Crippen LogP contribution in [0, 0.1) is 13.8 Å². The van der Waals surface area contributed by atoms with Crippen LogP contribution in [0.5, 0.6) is 0 Å². The summed E-state index contributed by atoms with van der Waals surface area (Å²) in [6.07, 6.45) is 0. The van der Waals surface area contributed by atoms with E-state index in [2.05, 4.69) is 30.4 Å². The Labute approximate surface area is 208 Å². The SMILES string of the molecule is CO/N=C(/C(=O)OC)c1ccccc1CSc1nnc(CSc2nc3nc(C)cc(C)n3n2)s1. The van der Waals surface area contributed by atoms with Gasteiger partial charge in [0.05, 0.1) is 12.9 Å². The van der Waals surface area contributed by atoms with Crippen LogP contribution in [0.25, 0.3) is 5.78 Å². The predicted octanol–water partition coefficient (Wildman–Crippen LogP) is 3.70. The summed E-state index contributed by atoms with van der Waals surface area (Å²) in [5.74, 6) is 1.22. The highest BCUT2D eigenvalue weighted by Crippen LogP contribution is 2.30. The summed E-state index contributed by atoms with van der Waals surface area (Å²) >= 11 is 4.54. The van der Waals surface area contributed by atoms with E-state index in [1.54, 1.807) is 4.52 Å². The number of fused-ring (bicyclic) bond motifs is 1. The molecule has 4 aromatic rings. The molecule has 0 spiro atoms. The molecule has 0 aliphatic heterocycles. The number of carbonyl (C=O) groups is 1. The number of rotatable bonds is 9. The van der Waals surface area contributed by atoms with E-state index in [1.807, 2.05) is 44.2 Å². The van der Waals surface area contributed by atoms with E-state index in [0.717, 1.165) is 26.3 Å². The van der Waals surface area contributed by atoms with Gasteiger partial charge in [-0.2, -0.15) is 4.98 Å². The van der Waals surface area contributed by atoms with Crippen molar-refractivity contribution in [3.63, 3.8) is 0 Å². The number of oxime groups is 1. The van der Waals surface area contributed by atoms with E-state index in [9.17, 15) is 4.79 Å². The zero-order valence-corrected chi connectivity index (χ0v) is 21.3. The van der Waals surface area contributed by atoms with Gasteiger partial charge in [-0.05, 0) is 25.5 Å². The van der Waals surface area contributed by atoms with Crippen LogP contribution in [0.15, 0.2) is 45.0 Å². The first-order valence-electron chi connectivity index (χ1n) is 10.0. The molecule has 0 bridgehead atoms. The van der Waals surface area contributed by atoms with E-state index in [-0.39, 0.29) is 5.71 Å². The predicted molar refractivity (Wildman–Crippen MR) is 131 cm³/mol. The van der Waals surface area contributed by atoms with Gasteiger partial charge < -0.3 is 9.57 Å². The lowest BCUT2D eigenvalue weighted by Crippen LogP contribution is -2.19. The van der Waals surface area contributed by atoms with Crippen molar-refractivity contribution in [3.8, 4) is 0 Å². The maximum atomic E-state index is 12.1. The van der Waals surface area contributed by atoms with E-state index in [0.29, 0.717) is 28.0 Å². The number of nitrogens with zero attached hydrogens (tertiary/aromatic N) is 7. The first-order chi connectivity index (χ1) is 16.5. The molecule has 0 aliphatic carbocycles. The highest BCUT2D eigenvalue weighted by atomic mass is 32.2. The molecule has 13 heteroatoms. The Morgan fingerprint density at radius 1 is 1.12 bits per heavy atom. The van der Waals surface area contributed by atoms with Crippen molar-refractivity contribution in [2.45, 2.75) is 34.8 Å². The molecule has 1 aromatic carbocycles. The fourth-order valence-electron chi connectivity index (χ4n) is 3.09. The summed E-state index contributed by atoms with van der Waals surface area (Å²) in [7, 11) is 2.70. The van der Waals surface area contributed by atoms with Gasteiger partial charge in [0.1, 0.15) is 12.1 Å². The van der Waals surface area contributed by atoms with Crippen molar-refractivity contribution in [1.29, 1.82) is 0 Å². The number of aryl methyl sites for hydroxylation is 2. The maximum absolute atomic E-state index is 12.1. The molecule has 34 heavy (non-hydrogen) atoms. The van der Waals surface area contributed by atoms with Gasteiger partial charge in [0, 0.05) is 22.7 Å². The minimum atomic E-state index is -0.560. The topological polar surface area (TPSA) is 117 Å². The van der Waals surface area contributed by atoms with Crippen LogP contribution in [-0.4, -0.2) is 55.7 Å². The number of aromatic nitrogens is 6. The van der Waals surface area contributed by atoms with Crippen LogP contribution in [-0.2, 0) is 25.9 Å². The first kappa shape index (κ1) is 24.1. The maximum Gasteiger partial charge on any atom is 0.360 e. The lowest BCUT2D eigenvalue weighted by Gasteiger charge is -2.09. The Balaban J connectivity index is 1.41. The third-order valence-electron chi connectivity index (χ3n) is 4.56. The van der Waals surface area contributed by atoms with Gasteiger partial charge in [0.2, 0.25) is 5.16 Å². The number of ether oxygens (including phenoxy) is 1. The average Bonchev–Trinajstić information content (AvgIpc) is 3.46. The van der Waals surface area contributed by atoms with Gasteiger partial charge in [-0.1, -0.05) is 64.3 Å². The van der Waals surface area contributed by atoms with E-state index in [4.69, 9.17) is 9.57 Å². The Bertz CT molecular complexity index is 1350. The molecule has 10 nitrogen and oxygen atoms in total. The summed E-state index contributed by atoms with van der Waals surface area (Å²) in [6, 6.07) is 9.46. The second-order valence-corrected chi connectivity index (χ2v) is 10.2. The molecule has 4 rings (SSSR count). The fourth-order valence-corrected chi connectivity index (χ4v) is 5.79. The Morgan fingerprint density at radius 3 is 2.74 bits per heavy atom. The summed E-state index contributed by atoms with van der Waals surface area (Å²) in [4.78, 5) is 25.9. The van der Waals surface area contributed by atoms with Crippen LogP contribution in [0.2, 0.25) is 0 Å². The van der Waals surface area contributed by atoms with Crippen LogP contribution in [0.3, 0.4) is 0 Å². The fraction of sp³-hybridized carbons (Fsp3) is 0.286. The van der Waals surface area contributed by atoms with Gasteiger partial charge in [0.15, 0.2) is 10.1 Å². The lowest BCUT2D eigenvalue weighted by molar-refractivity contribution is -0.132. The van der Waals surface area contributed by atoms with Gasteiger partial charge in [-0.3, -0.25) is 0 Å². The summed E-state index contributed by atoms with van der Waals surface area (Å²) in [5.41, 5.74) is 3.58. The molecule has 0 amide bonds. The van der Waals surface area contributed by atoms with Crippen molar-refractivity contribution in [3.05, 3.63) is 57.9 Å². The molecule has 0 unspecified atom stereocenters. The number of hydrogen-bond acceptors (Lipinski definition) is 12. The van der Waals surface area contributed by atoms with Crippen LogP contribution in [0.1, 0.15) is 27.5 Å². The standard InChI is InChI=1S/C21H21N7O3S3/c1-12-9-13(2)28-19(22-12)23-20(26-28)32-11-16-24-25-21(34-16)33-10-14-7-5-6-8-15(14)17(27-31-4)18(29)30-3/h5-9H,10-11H2,1-4H3/b27-17+. The molecule has 0 N–H and O–H groups in total. The third-order valence-corrected chi connectivity index (χ3v) is 7.69. The number of esters is 1. The quantitative estimate of drug-likeness (QED) is 0.141. The van der Waals surface area contributed by atoms with Crippen LogP contribution >= 0.6 is 34.9 Å². The molecule has 0 atom stereocenters. The second kappa shape index (κ2) is 10.9. The summed E-state index contributed by atoms with van der Waals surface area (Å²) < 4.78 is 7.40. The first-order valence-corrected chi connectivity index (χ1v) is 12.8. The van der Waals surface area contributed by atoms with Gasteiger partial charge in [-0.25, -0.2) is 14.3 Å². The summed E-state index contributed by atoms with van der Waals surface area (Å²) in [5, 5.41) is 18.5. The molecular weight excluding hydrogens is 494 g/mol. The van der Waals surface area contributed by atoms with Gasteiger partial charge >= 0.3 is 5.97 Å². The smallest absolute Gasteiger partial charge is 0.360 e.